The van der Waals surface area contributed by atoms with Crippen LogP contribution in [0.1, 0.15) is 6.92 Å². The Morgan fingerprint density at radius 1 is 1.58 bits per heavy atom. The minimum absolute atomic E-state index is 0.453. The van der Waals surface area contributed by atoms with Gasteiger partial charge in [0.2, 0.25) is 0 Å². The first-order valence-corrected chi connectivity index (χ1v) is 4.77. The largest absolute Gasteiger partial charge is 0.362 e. The van der Waals surface area contributed by atoms with Gasteiger partial charge in [-0.05, 0) is 14.0 Å². The Morgan fingerprint density at radius 3 is 2.33 bits per heavy atom. The summed E-state index contributed by atoms with van der Waals surface area (Å²) >= 11 is 0. The molecule has 0 aromatic heterocycles. The van der Waals surface area contributed by atoms with Crippen molar-refractivity contribution >= 4 is 16.2 Å². The molecule has 0 saturated carbocycles. The molecule has 1 heterocycles. The van der Waals surface area contributed by atoms with Crippen LogP contribution < -0.4 is 5.32 Å². The van der Waals surface area contributed by atoms with Gasteiger partial charge >= 0.3 is 10.3 Å². The molecule has 0 aromatic carbocycles. The van der Waals surface area contributed by atoms with E-state index >= 15 is 0 Å². The molecule has 1 saturated heterocycles. The van der Waals surface area contributed by atoms with Crippen LogP contribution >= 0.6 is 0 Å². The Bertz CT molecular complexity index is 299. The van der Waals surface area contributed by atoms with Crippen molar-refractivity contribution in [2.45, 2.75) is 19.0 Å². The molecule has 6 nitrogen and oxygen atoms in total. The van der Waals surface area contributed by atoms with Gasteiger partial charge in [-0.1, -0.05) is 0 Å². The lowest BCUT2D eigenvalue weighted by molar-refractivity contribution is -0.141. The van der Waals surface area contributed by atoms with Gasteiger partial charge in [-0.3, -0.25) is 9.35 Å². The zero-order valence-electron chi connectivity index (χ0n) is 6.68. The smallest absolute Gasteiger partial charge is 0.307 e. The van der Waals surface area contributed by atoms with Crippen molar-refractivity contribution in [3.05, 3.63) is 0 Å². The molecule has 0 radical (unpaired) electrons. The summed E-state index contributed by atoms with van der Waals surface area (Å²) in [5.41, 5.74) is 0. The zero-order chi connectivity index (χ0) is 9.52. The second-order valence-corrected chi connectivity index (χ2v) is 3.91. The number of carbonyl (C=O) groups is 1. The fraction of sp³-hybridized carbons (Fsp3) is 0.800. The van der Waals surface area contributed by atoms with Crippen LogP contribution in [0.5, 0.6) is 0 Å². The molecule has 1 rings (SSSR count). The second-order valence-electron chi connectivity index (χ2n) is 2.62. The fourth-order valence-electron chi connectivity index (χ4n) is 1.29. The molecule has 1 aliphatic rings. The van der Waals surface area contributed by atoms with E-state index in [1.165, 1.54) is 6.92 Å². The standard InChI is InChI=1S/C5H10N2O4S/c1-3-4(6-2)5(8)7(3)12(9,10)11/h3-4,6H,1-2H3,(H,9,10,11)/t3-,4-/m0/s1. The van der Waals surface area contributed by atoms with E-state index in [0.29, 0.717) is 4.31 Å². The molecule has 7 heteroatoms. The molecule has 1 amide bonds. The minimum Gasteiger partial charge on any atom is -0.307 e. The number of likely N-dealkylation sites (N-methyl/N-ethyl adjacent to an activating group) is 1. The Morgan fingerprint density at radius 2 is 2.08 bits per heavy atom. The first-order chi connectivity index (χ1) is 5.39. The van der Waals surface area contributed by atoms with E-state index < -0.39 is 28.3 Å². The van der Waals surface area contributed by atoms with E-state index in [9.17, 15) is 13.2 Å². The number of nitrogens with one attached hydrogen (secondary N) is 1. The highest BCUT2D eigenvalue weighted by Gasteiger charge is 2.49. The summed E-state index contributed by atoms with van der Waals surface area (Å²) in [7, 11) is -2.81. The van der Waals surface area contributed by atoms with Gasteiger partial charge in [0.05, 0.1) is 6.04 Å². The third-order valence-electron chi connectivity index (χ3n) is 1.90. The topological polar surface area (TPSA) is 86.7 Å². The van der Waals surface area contributed by atoms with Crippen LogP contribution in [0, 0.1) is 0 Å². The van der Waals surface area contributed by atoms with Crippen LogP contribution in [0.15, 0.2) is 0 Å². The second kappa shape index (κ2) is 2.68. The monoisotopic (exact) mass is 194 g/mol. The molecule has 0 aromatic rings. The lowest BCUT2D eigenvalue weighted by Gasteiger charge is -2.41. The molecule has 0 aliphatic carbocycles. The van der Waals surface area contributed by atoms with E-state index in [1.807, 2.05) is 0 Å². The molecular formula is C5H10N2O4S. The Balaban J connectivity index is 2.83. The van der Waals surface area contributed by atoms with Crippen LogP contribution in [-0.2, 0) is 15.1 Å². The lowest BCUT2D eigenvalue weighted by atomic mass is 10.0. The molecule has 12 heavy (non-hydrogen) atoms. The highest BCUT2D eigenvalue weighted by molar-refractivity contribution is 7.84. The zero-order valence-corrected chi connectivity index (χ0v) is 7.50. The van der Waals surface area contributed by atoms with Gasteiger partial charge in [0.15, 0.2) is 0 Å². The molecule has 2 atom stereocenters. The van der Waals surface area contributed by atoms with Crippen LogP contribution in [0.25, 0.3) is 0 Å². The maximum Gasteiger partial charge on any atom is 0.362 e. The number of hydrogen-bond donors (Lipinski definition) is 2. The van der Waals surface area contributed by atoms with Gasteiger partial charge in [-0.2, -0.15) is 8.42 Å². The number of nitrogens with zero attached hydrogens (tertiary/aromatic N) is 1. The van der Waals surface area contributed by atoms with Crippen molar-refractivity contribution in [3.8, 4) is 0 Å². The van der Waals surface area contributed by atoms with E-state index in [-0.39, 0.29) is 0 Å². The first kappa shape index (κ1) is 9.43. The van der Waals surface area contributed by atoms with Gasteiger partial charge in [0, 0.05) is 0 Å². The van der Waals surface area contributed by atoms with Gasteiger partial charge < -0.3 is 5.32 Å². The average Bonchev–Trinajstić information content (AvgIpc) is 1.85. The maximum atomic E-state index is 11.0. The van der Waals surface area contributed by atoms with E-state index in [4.69, 9.17) is 4.55 Å². The van der Waals surface area contributed by atoms with Gasteiger partial charge in [0.1, 0.15) is 6.04 Å². The predicted octanol–water partition coefficient (Wildman–Crippen LogP) is -1.39. The lowest BCUT2D eigenvalue weighted by Crippen LogP contribution is -2.69. The number of rotatable bonds is 2. The highest BCUT2D eigenvalue weighted by Crippen LogP contribution is 2.21. The van der Waals surface area contributed by atoms with Crippen molar-refractivity contribution in [2.75, 3.05) is 7.05 Å². The molecule has 0 spiro atoms. The van der Waals surface area contributed by atoms with Crippen LogP contribution in [0.2, 0.25) is 0 Å². The molecule has 70 valence electrons. The predicted molar refractivity (Wildman–Crippen MR) is 40.7 cm³/mol. The summed E-state index contributed by atoms with van der Waals surface area (Å²) in [4.78, 5) is 11.0. The summed E-state index contributed by atoms with van der Waals surface area (Å²) in [6.07, 6.45) is 0. The Kier molecular flexibility index (Phi) is 2.11. The van der Waals surface area contributed by atoms with E-state index in [2.05, 4.69) is 5.32 Å². The van der Waals surface area contributed by atoms with Gasteiger partial charge in [-0.15, -0.1) is 0 Å². The quantitative estimate of drug-likeness (QED) is 0.417. The number of amides is 1. The maximum absolute atomic E-state index is 11.0. The number of β-lactam (4-membered cyclic amide) rings is 1. The summed E-state index contributed by atoms with van der Waals surface area (Å²) in [5.74, 6) is -0.618. The molecule has 0 bridgehead atoms. The number of hydrogen-bond acceptors (Lipinski definition) is 4. The normalized spacial score (nSPS) is 30.2. The molecule has 1 fully saturated rings. The van der Waals surface area contributed by atoms with E-state index in [1.54, 1.807) is 7.05 Å². The Labute approximate surface area is 70.4 Å². The van der Waals surface area contributed by atoms with Crippen LogP contribution in [0.3, 0.4) is 0 Å². The molecule has 0 unspecified atom stereocenters. The van der Waals surface area contributed by atoms with E-state index in [0.717, 1.165) is 0 Å². The summed E-state index contributed by atoms with van der Waals surface area (Å²) in [6.45, 7) is 1.54. The van der Waals surface area contributed by atoms with Crippen molar-refractivity contribution in [2.24, 2.45) is 0 Å². The van der Waals surface area contributed by atoms with Crippen molar-refractivity contribution < 1.29 is 17.8 Å². The van der Waals surface area contributed by atoms with Gasteiger partial charge in [0.25, 0.3) is 5.91 Å². The molecule has 2 N–H and O–H groups in total. The third-order valence-corrected chi connectivity index (χ3v) is 2.90. The van der Waals surface area contributed by atoms with Crippen molar-refractivity contribution in [3.63, 3.8) is 0 Å². The van der Waals surface area contributed by atoms with Crippen LogP contribution in [-0.4, -0.2) is 42.3 Å². The SMILES string of the molecule is CN[C@@H]1C(=O)N(S(=O)(=O)O)[C@H]1C. The summed E-state index contributed by atoms with van der Waals surface area (Å²) < 4.78 is 30.1. The highest BCUT2D eigenvalue weighted by atomic mass is 32.2. The van der Waals surface area contributed by atoms with Crippen molar-refractivity contribution in [1.29, 1.82) is 0 Å². The number of carbonyl (C=O) groups excluding carboxylic acids is 1. The fourth-order valence-corrected chi connectivity index (χ4v) is 2.17. The Hall–Kier alpha value is -0.660. The minimum atomic E-state index is -4.36. The molecule has 1 aliphatic heterocycles. The summed E-state index contributed by atoms with van der Waals surface area (Å²) in [6, 6.07) is -1.02. The van der Waals surface area contributed by atoms with Crippen molar-refractivity contribution in [1.82, 2.24) is 9.62 Å². The molecular weight excluding hydrogens is 184 g/mol. The van der Waals surface area contributed by atoms with Gasteiger partial charge in [-0.25, -0.2) is 4.31 Å². The third kappa shape index (κ3) is 1.19. The summed E-state index contributed by atoms with van der Waals surface area (Å²) in [5, 5.41) is 2.64. The first-order valence-electron chi connectivity index (χ1n) is 3.37. The van der Waals surface area contributed by atoms with Crippen LogP contribution in [0.4, 0.5) is 0 Å². The average molecular weight is 194 g/mol.